The molecule has 1 aromatic rings. The average molecular weight is 361 g/mol. The third kappa shape index (κ3) is 7.10. The van der Waals surface area contributed by atoms with Crippen LogP contribution in [0.2, 0.25) is 5.02 Å². The third-order valence-electron chi connectivity index (χ3n) is 2.75. The molecule has 5 nitrogen and oxygen atoms in total. The topological polar surface area (TPSA) is 58.6 Å². The van der Waals surface area contributed by atoms with Crippen LogP contribution in [0, 0.1) is 0 Å². The molecule has 1 N–H and O–H groups in total. The van der Waals surface area contributed by atoms with Gasteiger partial charge in [0.15, 0.2) is 0 Å². The number of benzene rings is 1. The molecule has 23 heavy (non-hydrogen) atoms. The van der Waals surface area contributed by atoms with Crippen molar-refractivity contribution in [3.05, 3.63) is 29.3 Å². The summed E-state index contributed by atoms with van der Waals surface area (Å²) in [6.07, 6.45) is -0.533. The van der Waals surface area contributed by atoms with E-state index in [0.29, 0.717) is 10.7 Å². The van der Waals surface area contributed by atoms with Crippen molar-refractivity contribution in [2.75, 3.05) is 17.3 Å². The Kier molecular flexibility index (Phi) is 7.16. The Labute approximate surface area is 146 Å². The first-order valence-electron chi connectivity index (χ1n) is 7.24. The molecule has 0 saturated heterocycles. The van der Waals surface area contributed by atoms with E-state index < -0.39 is 11.7 Å². The molecule has 0 unspecified atom stereocenters. The van der Waals surface area contributed by atoms with E-state index in [2.05, 4.69) is 5.32 Å². The van der Waals surface area contributed by atoms with Gasteiger partial charge in [-0.15, -0.1) is 11.6 Å². The van der Waals surface area contributed by atoms with Crippen molar-refractivity contribution in [2.45, 2.75) is 39.3 Å². The van der Waals surface area contributed by atoms with Gasteiger partial charge in [0.25, 0.3) is 0 Å². The summed E-state index contributed by atoms with van der Waals surface area (Å²) in [5, 5.41) is 3.22. The highest BCUT2D eigenvalue weighted by Gasteiger charge is 2.21. The van der Waals surface area contributed by atoms with E-state index in [4.69, 9.17) is 27.9 Å². The van der Waals surface area contributed by atoms with Gasteiger partial charge in [-0.25, -0.2) is 4.79 Å². The number of alkyl carbamates (subject to hydrolysis) is 1. The Balaban J connectivity index is 2.78. The van der Waals surface area contributed by atoms with Crippen molar-refractivity contribution in [1.29, 1.82) is 0 Å². The van der Waals surface area contributed by atoms with Crippen molar-refractivity contribution in [1.82, 2.24) is 5.32 Å². The lowest BCUT2D eigenvalue weighted by atomic mass is 10.2. The zero-order valence-electron chi connectivity index (χ0n) is 13.7. The smallest absolute Gasteiger partial charge is 0.407 e. The maximum atomic E-state index is 12.1. The molecule has 0 heterocycles. The lowest BCUT2D eigenvalue weighted by Crippen LogP contribution is -2.46. The number of halogens is 2. The van der Waals surface area contributed by atoms with Gasteiger partial charge in [0.2, 0.25) is 5.91 Å². The van der Waals surface area contributed by atoms with E-state index in [-0.39, 0.29) is 24.4 Å². The Hall–Kier alpha value is -1.46. The number of alkyl halides is 1. The number of carbonyl (C=O) groups is 2. The normalized spacial score (nSPS) is 12.4. The van der Waals surface area contributed by atoms with Crippen molar-refractivity contribution in [3.63, 3.8) is 0 Å². The van der Waals surface area contributed by atoms with Gasteiger partial charge in [0, 0.05) is 23.3 Å². The van der Waals surface area contributed by atoms with Crippen LogP contribution in [0.5, 0.6) is 0 Å². The number of anilines is 1. The zero-order valence-corrected chi connectivity index (χ0v) is 15.2. The summed E-state index contributed by atoms with van der Waals surface area (Å²) in [5.41, 5.74) is 0.0450. The van der Waals surface area contributed by atoms with Crippen LogP contribution in [0.15, 0.2) is 24.3 Å². The summed E-state index contributed by atoms with van der Waals surface area (Å²) < 4.78 is 5.20. The molecule has 0 aliphatic carbocycles. The van der Waals surface area contributed by atoms with Crippen molar-refractivity contribution in [2.24, 2.45) is 0 Å². The maximum absolute atomic E-state index is 12.1. The fourth-order valence-corrected chi connectivity index (χ4v) is 2.22. The van der Waals surface area contributed by atoms with Crippen molar-refractivity contribution < 1.29 is 14.3 Å². The van der Waals surface area contributed by atoms with Crippen molar-refractivity contribution in [3.8, 4) is 0 Å². The molecule has 0 bridgehead atoms. The summed E-state index contributed by atoms with van der Waals surface area (Å²) in [6.45, 7) is 7.39. The molecule has 1 atom stereocenters. The van der Waals surface area contributed by atoms with Crippen LogP contribution in [0.25, 0.3) is 0 Å². The summed E-state index contributed by atoms with van der Waals surface area (Å²) in [4.78, 5) is 25.4. The third-order valence-corrected chi connectivity index (χ3v) is 3.22. The molecule has 1 rings (SSSR count). The van der Waals surface area contributed by atoms with Crippen LogP contribution in [-0.4, -0.2) is 36.1 Å². The van der Waals surface area contributed by atoms with Crippen LogP contribution >= 0.6 is 23.2 Å². The first-order chi connectivity index (χ1) is 10.6. The highest BCUT2D eigenvalue weighted by Crippen LogP contribution is 2.20. The number of ether oxygens (including phenoxy) is 1. The Bertz CT molecular complexity index is 559. The zero-order chi connectivity index (χ0) is 17.6. The average Bonchev–Trinajstić information content (AvgIpc) is 2.41. The molecule has 0 aliphatic heterocycles. The number of carbonyl (C=O) groups excluding carboxylic acids is 2. The standard InChI is InChI=1S/C16H22Cl2N2O3/c1-11(19-15(22)23-16(2,3)4)10-20(14(21)9-17)13-7-5-6-12(18)8-13/h5-8,11H,9-10H2,1-4H3,(H,19,22)/t11-/m1/s1. The molecule has 0 fully saturated rings. The quantitative estimate of drug-likeness (QED) is 0.811. The second-order valence-corrected chi connectivity index (χ2v) is 6.87. The van der Waals surface area contributed by atoms with Gasteiger partial charge in [0.05, 0.1) is 0 Å². The number of nitrogens with zero attached hydrogens (tertiary/aromatic N) is 1. The van der Waals surface area contributed by atoms with Gasteiger partial charge in [-0.2, -0.15) is 0 Å². The van der Waals surface area contributed by atoms with Gasteiger partial charge in [-0.05, 0) is 45.9 Å². The van der Waals surface area contributed by atoms with Crippen molar-refractivity contribution >= 4 is 40.9 Å². The summed E-state index contributed by atoms with van der Waals surface area (Å²) >= 11 is 11.6. The number of amides is 2. The number of hydrogen-bond acceptors (Lipinski definition) is 3. The van der Waals surface area contributed by atoms with Gasteiger partial charge >= 0.3 is 6.09 Å². The molecule has 0 aromatic heterocycles. The SMILES string of the molecule is C[C@H](CN(C(=O)CCl)c1cccc(Cl)c1)NC(=O)OC(C)(C)C. The van der Waals surface area contributed by atoms with E-state index in [1.165, 1.54) is 4.90 Å². The summed E-state index contributed by atoms with van der Waals surface area (Å²) in [7, 11) is 0. The van der Waals surface area contributed by atoms with Gasteiger partial charge < -0.3 is 15.0 Å². The number of nitrogens with one attached hydrogen (secondary N) is 1. The molecule has 0 saturated carbocycles. The van der Waals surface area contributed by atoms with Crippen LogP contribution < -0.4 is 10.2 Å². The second kappa shape index (κ2) is 8.41. The minimum absolute atomic E-state index is 0.161. The molecule has 0 spiro atoms. The molecule has 1 aromatic carbocycles. The van der Waals surface area contributed by atoms with E-state index >= 15 is 0 Å². The van der Waals surface area contributed by atoms with Crippen LogP contribution in [-0.2, 0) is 9.53 Å². The molecular weight excluding hydrogens is 339 g/mol. The molecular formula is C16H22Cl2N2O3. The van der Waals surface area contributed by atoms with Crippen LogP contribution in [0.1, 0.15) is 27.7 Å². The lowest BCUT2D eigenvalue weighted by Gasteiger charge is -2.27. The molecule has 0 radical (unpaired) electrons. The van der Waals surface area contributed by atoms with E-state index in [0.717, 1.165) is 0 Å². The van der Waals surface area contributed by atoms with E-state index in [1.54, 1.807) is 52.0 Å². The highest BCUT2D eigenvalue weighted by molar-refractivity contribution is 6.31. The fourth-order valence-electron chi connectivity index (χ4n) is 1.90. The first-order valence-corrected chi connectivity index (χ1v) is 8.15. The summed E-state index contributed by atoms with van der Waals surface area (Å²) in [6, 6.07) is 6.58. The van der Waals surface area contributed by atoms with Gasteiger partial charge in [-0.3, -0.25) is 4.79 Å². The Morgan fingerprint density at radius 1 is 1.35 bits per heavy atom. The largest absolute Gasteiger partial charge is 0.444 e. The molecule has 0 aliphatic rings. The highest BCUT2D eigenvalue weighted by atomic mass is 35.5. The lowest BCUT2D eigenvalue weighted by molar-refractivity contribution is -0.116. The monoisotopic (exact) mass is 360 g/mol. The summed E-state index contributed by atoms with van der Waals surface area (Å²) in [5.74, 6) is -0.433. The maximum Gasteiger partial charge on any atom is 0.407 e. The molecule has 2 amide bonds. The molecule has 128 valence electrons. The minimum Gasteiger partial charge on any atom is -0.444 e. The number of rotatable bonds is 5. The Morgan fingerprint density at radius 2 is 2.00 bits per heavy atom. The van der Waals surface area contributed by atoms with Crippen LogP contribution in [0.3, 0.4) is 0 Å². The first kappa shape index (κ1) is 19.6. The predicted octanol–water partition coefficient (Wildman–Crippen LogP) is 3.83. The fraction of sp³-hybridized carbons (Fsp3) is 0.500. The Morgan fingerprint density at radius 3 is 2.52 bits per heavy atom. The second-order valence-electron chi connectivity index (χ2n) is 6.17. The predicted molar refractivity (Wildman–Crippen MR) is 93.4 cm³/mol. The minimum atomic E-state index is -0.581. The molecule has 7 heteroatoms. The van der Waals surface area contributed by atoms with Gasteiger partial charge in [-0.1, -0.05) is 17.7 Å². The van der Waals surface area contributed by atoms with Crippen LogP contribution in [0.4, 0.5) is 10.5 Å². The van der Waals surface area contributed by atoms with E-state index in [9.17, 15) is 9.59 Å². The van der Waals surface area contributed by atoms with E-state index in [1.807, 2.05) is 0 Å². The van der Waals surface area contributed by atoms with Gasteiger partial charge in [0.1, 0.15) is 11.5 Å². The number of hydrogen-bond donors (Lipinski definition) is 1.